The van der Waals surface area contributed by atoms with Gasteiger partial charge in [0.15, 0.2) is 0 Å². The minimum absolute atomic E-state index is 0.222. The van der Waals surface area contributed by atoms with Gasteiger partial charge in [-0.15, -0.1) is 0 Å². The Morgan fingerprint density at radius 1 is 1.08 bits per heavy atom. The zero-order chi connectivity index (χ0) is 16.9. The maximum absolute atomic E-state index is 13.6. The lowest BCUT2D eigenvalue weighted by Gasteiger charge is -2.08. The summed E-state index contributed by atoms with van der Waals surface area (Å²) in [5.41, 5.74) is 1.51. The third-order valence-electron chi connectivity index (χ3n) is 3.57. The Labute approximate surface area is 137 Å². The van der Waals surface area contributed by atoms with Gasteiger partial charge >= 0.3 is 0 Å². The van der Waals surface area contributed by atoms with Crippen molar-refractivity contribution >= 4 is 5.91 Å². The van der Waals surface area contributed by atoms with Crippen LogP contribution in [-0.2, 0) is 17.8 Å². The van der Waals surface area contributed by atoms with Gasteiger partial charge in [0.05, 0.1) is 12.1 Å². The van der Waals surface area contributed by atoms with Crippen LogP contribution < -0.4 is 5.32 Å². The number of carbonyl (C=O) groups excluding carboxylic acids is 1. The van der Waals surface area contributed by atoms with Gasteiger partial charge in [0.2, 0.25) is 5.91 Å². The molecule has 1 heterocycles. The molecule has 0 saturated heterocycles. The Morgan fingerprint density at radius 2 is 1.83 bits per heavy atom. The molecular formula is C18H15F2N3O. The fourth-order valence-corrected chi connectivity index (χ4v) is 2.36. The highest BCUT2D eigenvalue weighted by Gasteiger charge is 2.12. The summed E-state index contributed by atoms with van der Waals surface area (Å²) in [6.45, 7) is 0.268. The highest BCUT2D eigenvalue weighted by atomic mass is 19.1. The molecule has 1 aromatic heterocycles. The van der Waals surface area contributed by atoms with Gasteiger partial charge in [-0.2, -0.15) is 5.10 Å². The van der Waals surface area contributed by atoms with E-state index in [1.807, 2.05) is 36.5 Å². The maximum Gasteiger partial charge on any atom is 0.224 e. The predicted octanol–water partition coefficient (Wildman–Crippen LogP) is 3.01. The number of amides is 1. The summed E-state index contributed by atoms with van der Waals surface area (Å²) in [5.74, 6) is -1.87. The summed E-state index contributed by atoms with van der Waals surface area (Å²) < 4.78 is 28.8. The Hall–Kier alpha value is -3.02. The van der Waals surface area contributed by atoms with Crippen LogP contribution in [0.4, 0.5) is 8.78 Å². The molecule has 3 aromatic rings. The van der Waals surface area contributed by atoms with E-state index in [0.29, 0.717) is 0 Å². The van der Waals surface area contributed by atoms with Crippen LogP contribution in [0.15, 0.2) is 60.9 Å². The molecule has 0 aliphatic heterocycles. The normalized spacial score (nSPS) is 10.6. The molecule has 2 aromatic carbocycles. The second-order valence-electron chi connectivity index (χ2n) is 5.27. The summed E-state index contributed by atoms with van der Waals surface area (Å²) in [7, 11) is 0. The Morgan fingerprint density at radius 3 is 2.54 bits per heavy atom. The average molecular weight is 327 g/mol. The molecule has 0 spiro atoms. The molecule has 6 heteroatoms. The lowest BCUT2D eigenvalue weighted by atomic mass is 10.1. The fourth-order valence-electron chi connectivity index (χ4n) is 2.36. The summed E-state index contributed by atoms with van der Waals surface area (Å²) in [6.07, 6.45) is 3.16. The third kappa shape index (κ3) is 3.65. The predicted molar refractivity (Wildman–Crippen MR) is 85.5 cm³/mol. The van der Waals surface area contributed by atoms with E-state index in [1.165, 1.54) is 6.07 Å². The number of nitrogens with zero attached hydrogens (tertiary/aromatic N) is 2. The van der Waals surface area contributed by atoms with E-state index >= 15 is 0 Å². The summed E-state index contributed by atoms with van der Waals surface area (Å²) in [4.78, 5) is 11.9. The van der Waals surface area contributed by atoms with E-state index in [-0.39, 0.29) is 18.5 Å². The van der Waals surface area contributed by atoms with E-state index < -0.39 is 17.5 Å². The maximum atomic E-state index is 13.6. The van der Waals surface area contributed by atoms with Crippen LogP contribution in [0.25, 0.3) is 5.69 Å². The van der Waals surface area contributed by atoms with Crippen LogP contribution >= 0.6 is 0 Å². The first-order chi connectivity index (χ1) is 11.6. The molecule has 0 atom stereocenters. The first kappa shape index (κ1) is 15.9. The Balaban J connectivity index is 1.64. The van der Waals surface area contributed by atoms with Crippen LogP contribution in [0.3, 0.4) is 0 Å². The molecular weight excluding hydrogens is 312 g/mol. The number of hydrogen-bond acceptors (Lipinski definition) is 2. The molecule has 1 amide bonds. The Kier molecular flexibility index (Phi) is 4.65. The molecule has 0 aliphatic rings. The highest BCUT2D eigenvalue weighted by molar-refractivity contribution is 5.78. The van der Waals surface area contributed by atoms with Gasteiger partial charge in [0.25, 0.3) is 0 Å². The first-order valence-electron chi connectivity index (χ1n) is 7.42. The van der Waals surface area contributed by atoms with Crippen molar-refractivity contribution in [2.45, 2.75) is 13.0 Å². The van der Waals surface area contributed by atoms with Crippen molar-refractivity contribution in [1.29, 1.82) is 0 Å². The van der Waals surface area contributed by atoms with E-state index in [4.69, 9.17) is 0 Å². The number of hydrogen-bond donors (Lipinski definition) is 1. The molecule has 0 aliphatic carbocycles. The number of carbonyl (C=O) groups is 1. The molecule has 24 heavy (non-hydrogen) atoms. The SMILES string of the molecule is O=C(Cc1c(F)cccc1F)NCc1cccc(-n2cccn2)c1. The van der Waals surface area contributed by atoms with Crippen molar-refractivity contribution in [1.82, 2.24) is 15.1 Å². The van der Waals surface area contributed by atoms with Gasteiger partial charge in [-0.25, -0.2) is 13.5 Å². The molecule has 0 bridgehead atoms. The van der Waals surface area contributed by atoms with Gasteiger partial charge < -0.3 is 5.32 Å². The van der Waals surface area contributed by atoms with Crippen LogP contribution in [0.2, 0.25) is 0 Å². The number of aromatic nitrogens is 2. The quantitative estimate of drug-likeness (QED) is 0.783. The second kappa shape index (κ2) is 7.04. The molecule has 0 radical (unpaired) electrons. The molecule has 4 nitrogen and oxygen atoms in total. The summed E-state index contributed by atoms with van der Waals surface area (Å²) in [6, 6.07) is 12.9. The van der Waals surface area contributed by atoms with E-state index in [1.54, 1.807) is 10.9 Å². The summed E-state index contributed by atoms with van der Waals surface area (Å²) in [5, 5.41) is 6.82. The highest BCUT2D eigenvalue weighted by Crippen LogP contribution is 2.13. The van der Waals surface area contributed by atoms with Gasteiger partial charge in [0.1, 0.15) is 11.6 Å². The lowest BCUT2D eigenvalue weighted by Crippen LogP contribution is -2.25. The van der Waals surface area contributed by atoms with Crippen LogP contribution in [0.1, 0.15) is 11.1 Å². The minimum atomic E-state index is -0.717. The van der Waals surface area contributed by atoms with Gasteiger partial charge in [0, 0.05) is 24.5 Å². The number of benzene rings is 2. The Bertz CT molecular complexity index is 827. The van der Waals surface area contributed by atoms with E-state index in [2.05, 4.69) is 10.4 Å². The largest absolute Gasteiger partial charge is 0.352 e. The lowest BCUT2D eigenvalue weighted by molar-refractivity contribution is -0.120. The van der Waals surface area contributed by atoms with Crippen LogP contribution in [0, 0.1) is 11.6 Å². The standard InChI is InChI=1S/C18H15F2N3O/c19-16-6-2-7-17(20)15(16)11-18(24)21-12-13-4-1-5-14(10-13)23-9-3-8-22-23/h1-10H,11-12H2,(H,21,24). The van der Waals surface area contributed by atoms with Gasteiger partial charge in [-0.1, -0.05) is 18.2 Å². The topological polar surface area (TPSA) is 46.9 Å². The van der Waals surface area contributed by atoms with Crippen LogP contribution in [-0.4, -0.2) is 15.7 Å². The zero-order valence-corrected chi connectivity index (χ0v) is 12.7. The van der Waals surface area contributed by atoms with Crippen molar-refractivity contribution in [3.63, 3.8) is 0 Å². The molecule has 0 unspecified atom stereocenters. The van der Waals surface area contributed by atoms with Crippen molar-refractivity contribution in [2.75, 3.05) is 0 Å². The molecule has 122 valence electrons. The second-order valence-corrected chi connectivity index (χ2v) is 5.27. The molecule has 0 fully saturated rings. The first-order valence-corrected chi connectivity index (χ1v) is 7.42. The van der Waals surface area contributed by atoms with Crippen molar-refractivity contribution in [3.8, 4) is 5.69 Å². The molecule has 1 N–H and O–H groups in total. The fraction of sp³-hybridized carbons (Fsp3) is 0.111. The van der Waals surface area contributed by atoms with Crippen molar-refractivity contribution in [2.24, 2.45) is 0 Å². The third-order valence-corrected chi connectivity index (χ3v) is 3.57. The summed E-state index contributed by atoms with van der Waals surface area (Å²) >= 11 is 0. The average Bonchev–Trinajstić information content (AvgIpc) is 3.11. The zero-order valence-electron chi connectivity index (χ0n) is 12.7. The monoisotopic (exact) mass is 327 g/mol. The molecule has 3 rings (SSSR count). The number of rotatable bonds is 5. The van der Waals surface area contributed by atoms with E-state index in [9.17, 15) is 13.6 Å². The molecule has 0 saturated carbocycles. The smallest absolute Gasteiger partial charge is 0.224 e. The van der Waals surface area contributed by atoms with E-state index in [0.717, 1.165) is 23.4 Å². The number of nitrogens with one attached hydrogen (secondary N) is 1. The minimum Gasteiger partial charge on any atom is -0.352 e. The van der Waals surface area contributed by atoms with Crippen molar-refractivity contribution < 1.29 is 13.6 Å². The number of halogens is 2. The van der Waals surface area contributed by atoms with Gasteiger partial charge in [-0.3, -0.25) is 4.79 Å². The van der Waals surface area contributed by atoms with Crippen molar-refractivity contribution in [3.05, 3.63) is 83.7 Å². The van der Waals surface area contributed by atoms with Crippen LogP contribution in [0.5, 0.6) is 0 Å². The van der Waals surface area contributed by atoms with Gasteiger partial charge in [-0.05, 0) is 35.9 Å².